The summed E-state index contributed by atoms with van der Waals surface area (Å²) in [7, 11) is 1.58. The molecule has 0 atom stereocenters. The van der Waals surface area contributed by atoms with Gasteiger partial charge in [0.25, 0.3) is 0 Å². The van der Waals surface area contributed by atoms with Crippen molar-refractivity contribution in [2.45, 2.75) is 0 Å². The minimum atomic E-state index is -0.0455. The molecule has 3 aromatic rings. The number of hydrogen-bond donors (Lipinski definition) is 0. The summed E-state index contributed by atoms with van der Waals surface area (Å²) in [5.74, 6) is 0.464. The molecule has 0 bridgehead atoms. The molecule has 0 aliphatic carbocycles. The SMILES string of the molecule is COc1nc2ccccc2cc1C=CC(=O)c1ccccc1. The molecule has 0 radical (unpaired) electrons. The van der Waals surface area contributed by atoms with Gasteiger partial charge in [-0.15, -0.1) is 0 Å². The lowest BCUT2D eigenvalue weighted by Crippen LogP contribution is -1.95. The summed E-state index contributed by atoms with van der Waals surface area (Å²) < 4.78 is 5.32. The molecule has 0 saturated heterocycles. The summed E-state index contributed by atoms with van der Waals surface area (Å²) in [4.78, 5) is 16.6. The van der Waals surface area contributed by atoms with Gasteiger partial charge in [0.15, 0.2) is 5.78 Å². The number of ketones is 1. The Morgan fingerprint density at radius 2 is 1.77 bits per heavy atom. The molecule has 0 amide bonds. The topological polar surface area (TPSA) is 39.2 Å². The molecule has 0 unspecified atom stereocenters. The molecule has 1 heterocycles. The van der Waals surface area contributed by atoms with Gasteiger partial charge in [-0.25, -0.2) is 4.98 Å². The van der Waals surface area contributed by atoms with Crippen LogP contribution in [0.15, 0.2) is 66.7 Å². The number of hydrogen-bond acceptors (Lipinski definition) is 3. The number of rotatable bonds is 4. The van der Waals surface area contributed by atoms with Crippen LogP contribution in [0.25, 0.3) is 17.0 Å². The normalized spacial score (nSPS) is 11.0. The predicted molar refractivity (Wildman–Crippen MR) is 88.1 cm³/mol. The van der Waals surface area contributed by atoms with Gasteiger partial charge in [-0.1, -0.05) is 48.5 Å². The molecule has 108 valence electrons. The van der Waals surface area contributed by atoms with Crippen molar-refractivity contribution in [2.75, 3.05) is 7.11 Å². The van der Waals surface area contributed by atoms with Gasteiger partial charge in [0, 0.05) is 16.5 Å². The lowest BCUT2D eigenvalue weighted by molar-refractivity contribution is 0.104. The van der Waals surface area contributed by atoms with E-state index in [2.05, 4.69) is 4.98 Å². The molecule has 2 aromatic carbocycles. The number of para-hydroxylation sites is 1. The van der Waals surface area contributed by atoms with Gasteiger partial charge in [-0.05, 0) is 24.3 Å². The molecule has 3 nitrogen and oxygen atoms in total. The van der Waals surface area contributed by atoms with Crippen LogP contribution in [0.5, 0.6) is 5.88 Å². The van der Waals surface area contributed by atoms with Crippen LogP contribution in [0.1, 0.15) is 15.9 Å². The van der Waals surface area contributed by atoms with Crippen LogP contribution in [-0.4, -0.2) is 17.9 Å². The molecule has 0 aliphatic rings. The number of nitrogens with zero attached hydrogens (tertiary/aromatic N) is 1. The van der Waals surface area contributed by atoms with Gasteiger partial charge in [-0.3, -0.25) is 4.79 Å². The lowest BCUT2D eigenvalue weighted by atomic mass is 10.1. The largest absolute Gasteiger partial charge is 0.481 e. The zero-order valence-electron chi connectivity index (χ0n) is 12.2. The van der Waals surface area contributed by atoms with Crippen molar-refractivity contribution < 1.29 is 9.53 Å². The van der Waals surface area contributed by atoms with Crippen LogP contribution < -0.4 is 4.74 Å². The second-order valence-corrected chi connectivity index (χ2v) is 4.84. The Morgan fingerprint density at radius 1 is 1.05 bits per heavy atom. The number of aromatic nitrogens is 1. The molecular weight excluding hydrogens is 274 g/mol. The number of allylic oxidation sites excluding steroid dienone is 1. The van der Waals surface area contributed by atoms with Crippen LogP contribution in [-0.2, 0) is 0 Å². The maximum Gasteiger partial charge on any atom is 0.221 e. The van der Waals surface area contributed by atoms with Crippen LogP contribution in [0, 0.1) is 0 Å². The van der Waals surface area contributed by atoms with Gasteiger partial charge in [0.1, 0.15) is 0 Å². The van der Waals surface area contributed by atoms with E-state index >= 15 is 0 Å². The molecule has 0 N–H and O–H groups in total. The zero-order chi connectivity index (χ0) is 15.4. The Balaban J connectivity index is 1.96. The Kier molecular flexibility index (Phi) is 3.97. The number of carbonyl (C=O) groups excluding carboxylic acids is 1. The van der Waals surface area contributed by atoms with Crippen molar-refractivity contribution in [3.05, 3.63) is 77.9 Å². The van der Waals surface area contributed by atoms with E-state index in [9.17, 15) is 4.79 Å². The molecule has 0 fully saturated rings. The highest BCUT2D eigenvalue weighted by Gasteiger charge is 2.06. The summed E-state index contributed by atoms with van der Waals surface area (Å²) in [5.41, 5.74) is 2.31. The molecular formula is C19H15NO2. The van der Waals surface area contributed by atoms with Crippen molar-refractivity contribution in [1.29, 1.82) is 0 Å². The highest BCUT2D eigenvalue weighted by atomic mass is 16.5. The fourth-order valence-electron chi connectivity index (χ4n) is 2.26. The third kappa shape index (κ3) is 2.88. The van der Waals surface area contributed by atoms with Gasteiger partial charge >= 0.3 is 0 Å². The third-order valence-electron chi connectivity index (χ3n) is 3.38. The minimum absolute atomic E-state index is 0.0455. The summed E-state index contributed by atoms with van der Waals surface area (Å²) in [6.45, 7) is 0. The van der Waals surface area contributed by atoms with E-state index in [4.69, 9.17) is 4.74 Å². The monoisotopic (exact) mass is 289 g/mol. The fourth-order valence-corrected chi connectivity index (χ4v) is 2.26. The van der Waals surface area contributed by atoms with Crippen molar-refractivity contribution in [1.82, 2.24) is 4.98 Å². The summed E-state index contributed by atoms with van der Waals surface area (Å²) in [6.07, 6.45) is 3.29. The van der Waals surface area contributed by atoms with E-state index < -0.39 is 0 Å². The maximum absolute atomic E-state index is 12.1. The second-order valence-electron chi connectivity index (χ2n) is 4.84. The first-order valence-corrected chi connectivity index (χ1v) is 6.99. The van der Waals surface area contributed by atoms with Gasteiger partial charge < -0.3 is 4.74 Å². The fraction of sp³-hybridized carbons (Fsp3) is 0.0526. The third-order valence-corrected chi connectivity index (χ3v) is 3.38. The summed E-state index contributed by atoms with van der Waals surface area (Å²) in [6, 6.07) is 18.9. The molecule has 1 aromatic heterocycles. The van der Waals surface area contributed by atoms with Crippen LogP contribution in [0.3, 0.4) is 0 Å². The summed E-state index contributed by atoms with van der Waals surface area (Å²) in [5, 5.41) is 1.01. The smallest absolute Gasteiger partial charge is 0.221 e. The zero-order valence-corrected chi connectivity index (χ0v) is 12.2. The molecule has 3 heteroatoms. The lowest BCUT2D eigenvalue weighted by Gasteiger charge is -2.06. The Hall–Kier alpha value is -2.94. The number of carbonyl (C=O) groups is 1. The van der Waals surface area contributed by atoms with Crippen LogP contribution in [0.4, 0.5) is 0 Å². The molecule has 0 spiro atoms. The Morgan fingerprint density at radius 3 is 2.55 bits per heavy atom. The van der Waals surface area contributed by atoms with Crippen molar-refractivity contribution >= 4 is 22.8 Å². The highest BCUT2D eigenvalue weighted by Crippen LogP contribution is 2.23. The van der Waals surface area contributed by atoms with Gasteiger partial charge in [0.2, 0.25) is 5.88 Å². The first kappa shape index (κ1) is 14.0. The highest BCUT2D eigenvalue weighted by molar-refractivity contribution is 6.07. The van der Waals surface area contributed by atoms with E-state index in [-0.39, 0.29) is 5.78 Å². The number of methoxy groups -OCH3 is 1. The number of ether oxygens (including phenoxy) is 1. The quantitative estimate of drug-likeness (QED) is 0.535. The van der Waals surface area contributed by atoms with Crippen molar-refractivity contribution in [3.63, 3.8) is 0 Å². The van der Waals surface area contributed by atoms with Gasteiger partial charge in [0.05, 0.1) is 12.6 Å². The van der Waals surface area contributed by atoms with Crippen LogP contribution in [0.2, 0.25) is 0 Å². The van der Waals surface area contributed by atoms with E-state index in [1.807, 2.05) is 48.5 Å². The van der Waals surface area contributed by atoms with Crippen molar-refractivity contribution in [3.8, 4) is 5.88 Å². The van der Waals surface area contributed by atoms with Crippen LogP contribution >= 0.6 is 0 Å². The predicted octanol–water partition coefficient (Wildman–Crippen LogP) is 4.14. The maximum atomic E-state index is 12.1. The average Bonchev–Trinajstić information content (AvgIpc) is 2.59. The standard InChI is InChI=1S/C19H15NO2/c1-22-19-16(13-15-9-5-6-10-17(15)20-19)11-12-18(21)14-7-3-2-4-8-14/h2-13H,1H3. The molecule has 0 aliphatic heterocycles. The first-order chi connectivity index (χ1) is 10.8. The average molecular weight is 289 g/mol. The van der Waals surface area contributed by atoms with E-state index in [0.29, 0.717) is 11.4 Å². The Bertz CT molecular complexity index is 838. The first-order valence-electron chi connectivity index (χ1n) is 6.99. The minimum Gasteiger partial charge on any atom is -0.481 e. The second kappa shape index (κ2) is 6.22. The Labute approximate surface area is 128 Å². The number of benzene rings is 2. The number of pyridine rings is 1. The van der Waals surface area contributed by atoms with Crippen molar-refractivity contribution in [2.24, 2.45) is 0 Å². The van der Waals surface area contributed by atoms with E-state index in [1.54, 1.807) is 31.4 Å². The van der Waals surface area contributed by atoms with Gasteiger partial charge in [-0.2, -0.15) is 0 Å². The number of fused-ring (bicyclic) bond motifs is 1. The molecule has 22 heavy (non-hydrogen) atoms. The molecule has 0 saturated carbocycles. The molecule has 3 rings (SSSR count). The summed E-state index contributed by atoms with van der Waals surface area (Å²) >= 11 is 0. The van der Waals surface area contributed by atoms with E-state index in [1.165, 1.54) is 0 Å². The van der Waals surface area contributed by atoms with E-state index in [0.717, 1.165) is 16.5 Å².